The average Bonchev–Trinajstić information content (AvgIpc) is 3.04. The van der Waals surface area contributed by atoms with Gasteiger partial charge < -0.3 is 28.8 Å². The van der Waals surface area contributed by atoms with E-state index in [1.165, 1.54) is 128 Å². The topological polar surface area (TPSA) is 108 Å². The Hall–Kier alpha value is -0.760. The molecule has 0 aromatic rings. The van der Waals surface area contributed by atoms with Crippen molar-refractivity contribution >= 4 is 13.7 Å². The summed E-state index contributed by atoms with van der Waals surface area (Å²) < 4.78 is 23.0. The van der Waals surface area contributed by atoms with Crippen molar-refractivity contribution in [3.05, 3.63) is 12.2 Å². The lowest BCUT2D eigenvalue weighted by Gasteiger charge is -2.29. The van der Waals surface area contributed by atoms with Crippen molar-refractivity contribution in [2.45, 2.75) is 199 Å². The number of quaternary nitrogens is 1. The summed E-state index contributed by atoms with van der Waals surface area (Å²) in [7, 11) is 1.26. The highest BCUT2D eigenvalue weighted by Gasteiger charge is 2.23. The SMILES string of the molecule is CCCCCCC/C=C/C(O)C(COP(=O)([O-])OCC[N+](C)(C)C)NC(=O)CCCCCCCCCCCCCCCCCCCCCC. The molecule has 0 fully saturated rings. The van der Waals surface area contributed by atoms with Crippen LogP contribution in [0.3, 0.4) is 0 Å². The van der Waals surface area contributed by atoms with Gasteiger partial charge in [0, 0.05) is 6.42 Å². The quantitative estimate of drug-likeness (QED) is 0.0287. The molecule has 0 radical (unpaired) electrons. The van der Waals surface area contributed by atoms with Crippen LogP contribution in [0.1, 0.15) is 187 Å². The van der Waals surface area contributed by atoms with Crippen molar-refractivity contribution in [3.8, 4) is 0 Å². The van der Waals surface area contributed by atoms with Gasteiger partial charge in [-0.25, -0.2) is 0 Å². The van der Waals surface area contributed by atoms with Crippen LogP contribution in [0.15, 0.2) is 12.2 Å². The number of allylic oxidation sites excluding steroid dienone is 1. The van der Waals surface area contributed by atoms with Gasteiger partial charge in [-0.2, -0.15) is 0 Å². The van der Waals surface area contributed by atoms with Crippen LogP contribution >= 0.6 is 7.82 Å². The summed E-state index contributed by atoms with van der Waals surface area (Å²) in [4.78, 5) is 25.1. The van der Waals surface area contributed by atoms with Gasteiger partial charge >= 0.3 is 0 Å². The third-order valence-corrected chi connectivity index (χ3v) is 10.2. The molecule has 1 amide bonds. The number of unbranched alkanes of at least 4 members (excludes halogenated alkanes) is 24. The monoisotopic (exact) mass is 717 g/mol. The van der Waals surface area contributed by atoms with E-state index >= 15 is 0 Å². The molecular formula is C40H81N2O6P. The molecule has 0 aliphatic rings. The van der Waals surface area contributed by atoms with Crippen molar-refractivity contribution in [3.63, 3.8) is 0 Å². The minimum atomic E-state index is -4.57. The van der Waals surface area contributed by atoms with E-state index < -0.39 is 20.0 Å². The van der Waals surface area contributed by atoms with Crippen LogP contribution in [0.4, 0.5) is 0 Å². The first-order valence-electron chi connectivity index (χ1n) is 20.6. The molecule has 0 heterocycles. The molecule has 0 aliphatic heterocycles. The number of aliphatic hydroxyl groups excluding tert-OH is 1. The maximum absolute atomic E-state index is 12.8. The fourth-order valence-corrected chi connectivity index (χ4v) is 6.64. The molecule has 0 bridgehead atoms. The zero-order chi connectivity index (χ0) is 36.5. The largest absolute Gasteiger partial charge is 0.756 e. The summed E-state index contributed by atoms with van der Waals surface area (Å²) in [5.74, 6) is -0.199. The first-order valence-corrected chi connectivity index (χ1v) is 22.0. The van der Waals surface area contributed by atoms with Gasteiger partial charge in [-0.15, -0.1) is 0 Å². The number of nitrogens with zero attached hydrogens (tertiary/aromatic N) is 1. The Morgan fingerprint density at radius 3 is 1.53 bits per heavy atom. The van der Waals surface area contributed by atoms with E-state index in [4.69, 9.17) is 9.05 Å². The van der Waals surface area contributed by atoms with Crippen LogP contribution in [-0.4, -0.2) is 68.5 Å². The first-order chi connectivity index (χ1) is 23.5. The molecule has 0 spiro atoms. The number of nitrogens with one attached hydrogen (secondary N) is 1. The molecule has 9 heteroatoms. The van der Waals surface area contributed by atoms with Gasteiger partial charge in [-0.3, -0.25) is 9.36 Å². The molecule has 0 saturated carbocycles. The smallest absolute Gasteiger partial charge is 0.268 e. The molecule has 3 unspecified atom stereocenters. The molecule has 0 aromatic carbocycles. The van der Waals surface area contributed by atoms with Gasteiger partial charge in [0.1, 0.15) is 13.2 Å². The highest BCUT2D eigenvalue weighted by molar-refractivity contribution is 7.45. The Morgan fingerprint density at radius 1 is 0.694 bits per heavy atom. The number of phosphoric acid groups is 1. The predicted molar refractivity (Wildman–Crippen MR) is 205 cm³/mol. The Balaban J connectivity index is 4.20. The van der Waals surface area contributed by atoms with Crippen molar-refractivity contribution in [1.29, 1.82) is 0 Å². The van der Waals surface area contributed by atoms with E-state index in [1.54, 1.807) is 6.08 Å². The number of amides is 1. The number of phosphoric ester groups is 1. The van der Waals surface area contributed by atoms with Crippen molar-refractivity contribution < 1.29 is 32.9 Å². The minimum absolute atomic E-state index is 0.00122. The molecule has 8 nitrogen and oxygen atoms in total. The van der Waals surface area contributed by atoms with Gasteiger partial charge in [0.25, 0.3) is 7.82 Å². The average molecular weight is 717 g/mol. The van der Waals surface area contributed by atoms with Crippen LogP contribution in [0, 0.1) is 0 Å². The van der Waals surface area contributed by atoms with E-state index in [1.807, 2.05) is 27.2 Å². The van der Waals surface area contributed by atoms with Gasteiger partial charge in [-0.05, 0) is 19.3 Å². The second-order valence-electron chi connectivity index (χ2n) is 15.4. The van der Waals surface area contributed by atoms with Crippen LogP contribution in [0.25, 0.3) is 0 Å². The molecule has 0 aromatic heterocycles. The highest BCUT2D eigenvalue weighted by Crippen LogP contribution is 2.38. The summed E-state index contributed by atoms with van der Waals surface area (Å²) >= 11 is 0. The van der Waals surface area contributed by atoms with E-state index in [2.05, 4.69) is 19.2 Å². The normalized spacial score (nSPS) is 14.7. The number of aliphatic hydroxyl groups is 1. The second-order valence-corrected chi connectivity index (χ2v) is 16.8. The van der Waals surface area contributed by atoms with E-state index in [0.717, 1.165) is 38.5 Å². The highest BCUT2D eigenvalue weighted by atomic mass is 31.2. The summed E-state index contributed by atoms with van der Waals surface area (Å²) in [5.41, 5.74) is 0. The van der Waals surface area contributed by atoms with Crippen LogP contribution in [-0.2, 0) is 18.4 Å². The molecule has 0 rings (SSSR count). The maximum Gasteiger partial charge on any atom is 0.268 e. The zero-order valence-electron chi connectivity index (χ0n) is 32.9. The lowest BCUT2D eigenvalue weighted by molar-refractivity contribution is -0.870. The van der Waals surface area contributed by atoms with Crippen molar-refractivity contribution in [2.75, 3.05) is 40.9 Å². The van der Waals surface area contributed by atoms with Gasteiger partial charge in [0.05, 0.1) is 39.9 Å². The summed E-state index contributed by atoms with van der Waals surface area (Å²) in [6.45, 7) is 4.59. The standard InChI is InChI=1S/C40H81N2O6P/c1-6-8-10-12-14-15-16-17-18-19-20-21-22-23-24-25-26-28-30-32-34-40(44)41-38(39(43)33-31-29-27-13-11-9-7-2)37-48-49(45,46)47-36-35-42(3,4)5/h31,33,38-39,43H,6-30,32,34-37H2,1-5H3,(H-,41,44,45,46)/b33-31+. The second kappa shape index (κ2) is 33.1. The number of hydrogen-bond donors (Lipinski definition) is 2. The maximum atomic E-state index is 12.8. The molecule has 0 aliphatic carbocycles. The fraction of sp³-hybridized carbons (Fsp3) is 0.925. The minimum Gasteiger partial charge on any atom is -0.756 e. The molecule has 49 heavy (non-hydrogen) atoms. The molecule has 292 valence electrons. The van der Waals surface area contributed by atoms with Crippen LogP contribution < -0.4 is 10.2 Å². The molecular weight excluding hydrogens is 635 g/mol. The zero-order valence-corrected chi connectivity index (χ0v) is 33.8. The number of rotatable bonds is 37. The lowest BCUT2D eigenvalue weighted by Crippen LogP contribution is -2.45. The van der Waals surface area contributed by atoms with Gasteiger partial charge in [-0.1, -0.05) is 174 Å². The molecule has 0 saturated heterocycles. The lowest BCUT2D eigenvalue weighted by atomic mass is 10.0. The summed E-state index contributed by atoms with van der Waals surface area (Å²) in [5, 5.41) is 13.6. The first kappa shape index (κ1) is 48.2. The Labute approximate surface area is 303 Å². The predicted octanol–water partition coefficient (Wildman–Crippen LogP) is 10.2. The van der Waals surface area contributed by atoms with Gasteiger partial charge in [0.2, 0.25) is 5.91 Å². The number of hydrogen-bond acceptors (Lipinski definition) is 6. The van der Waals surface area contributed by atoms with Crippen LogP contribution in [0.5, 0.6) is 0 Å². The van der Waals surface area contributed by atoms with Crippen LogP contribution in [0.2, 0.25) is 0 Å². The third-order valence-electron chi connectivity index (χ3n) is 9.25. The number of carbonyl (C=O) groups excluding carboxylic acids is 1. The molecule has 2 N–H and O–H groups in total. The summed E-state index contributed by atoms with van der Waals surface area (Å²) in [6, 6.07) is -0.877. The number of carbonyl (C=O) groups is 1. The number of likely N-dealkylation sites (N-methyl/N-ethyl adjacent to an activating group) is 1. The fourth-order valence-electron chi connectivity index (χ4n) is 5.92. The Morgan fingerprint density at radius 2 is 1.10 bits per heavy atom. The van der Waals surface area contributed by atoms with Gasteiger partial charge in [0.15, 0.2) is 0 Å². The van der Waals surface area contributed by atoms with E-state index in [9.17, 15) is 19.4 Å². The third kappa shape index (κ3) is 35.4. The van der Waals surface area contributed by atoms with E-state index in [-0.39, 0.29) is 19.1 Å². The van der Waals surface area contributed by atoms with Crippen molar-refractivity contribution in [1.82, 2.24) is 5.32 Å². The molecule has 3 atom stereocenters. The Bertz CT molecular complexity index is 819. The summed E-state index contributed by atoms with van der Waals surface area (Å²) in [6.07, 6.45) is 35.6. The Kier molecular flexibility index (Phi) is 32.6. The van der Waals surface area contributed by atoms with Crippen molar-refractivity contribution in [2.24, 2.45) is 0 Å². The van der Waals surface area contributed by atoms with E-state index in [0.29, 0.717) is 17.4 Å².